The minimum atomic E-state index is -0.453. The zero-order valence-corrected chi connectivity index (χ0v) is 30.9. The number of hydrogen-bond donors (Lipinski definition) is 0. The fourth-order valence-corrected chi connectivity index (χ4v) is 9.85. The van der Waals surface area contributed by atoms with Crippen molar-refractivity contribution >= 4 is 21.5 Å². The van der Waals surface area contributed by atoms with Crippen molar-refractivity contribution in [3.63, 3.8) is 0 Å². The standard InChI is InChI=1S/C54H33N3/c1-4-16-35(17-5-1)51-55-52(36-18-6-2-7-19-36)57-53(56-51)37-32-30-34(31-33-37)47-40-23-10-11-24-41(40)48-44-27-14-25-42-39-22-12-13-28-45(39)54(50(42)44,38-20-8-3-9-21-38)46-29-15-26-43(47)49(46)48/h1-33H. The molecule has 0 bridgehead atoms. The molecule has 1 aromatic heterocycles. The number of rotatable bonds is 5. The van der Waals surface area contributed by atoms with Crippen LogP contribution in [0.3, 0.4) is 0 Å². The van der Waals surface area contributed by atoms with Gasteiger partial charge in [-0.2, -0.15) is 0 Å². The summed E-state index contributed by atoms with van der Waals surface area (Å²) in [5, 5.41) is 5.07. The van der Waals surface area contributed by atoms with Crippen molar-refractivity contribution in [3.05, 3.63) is 222 Å². The van der Waals surface area contributed by atoms with E-state index in [1.807, 2.05) is 60.7 Å². The van der Waals surface area contributed by atoms with Gasteiger partial charge in [0.25, 0.3) is 0 Å². The lowest BCUT2D eigenvalue weighted by molar-refractivity contribution is 0.774. The van der Waals surface area contributed by atoms with Gasteiger partial charge >= 0.3 is 0 Å². The maximum atomic E-state index is 5.02. The van der Waals surface area contributed by atoms with Crippen molar-refractivity contribution in [1.82, 2.24) is 15.0 Å². The van der Waals surface area contributed by atoms with E-state index in [1.165, 1.54) is 71.6 Å². The van der Waals surface area contributed by atoms with Gasteiger partial charge in [-0.1, -0.05) is 200 Å². The molecule has 3 nitrogen and oxygen atoms in total. The molecule has 0 saturated heterocycles. The fraction of sp³-hybridized carbons (Fsp3) is 0.0185. The number of fused-ring (bicyclic) bond motifs is 7. The van der Waals surface area contributed by atoms with Gasteiger partial charge in [-0.25, -0.2) is 15.0 Å². The summed E-state index contributed by atoms with van der Waals surface area (Å²) in [7, 11) is 0. The van der Waals surface area contributed by atoms with Crippen molar-refractivity contribution in [2.45, 2.75) is 5.41 Å². The summed E-state index contributed by atoms with van der Waals surface area (Å²) >= 11 is 0. The summed E-state index contributed by atoms with van der Waals surface area (Å²) in [5.74, 6) is 1.96. The van der Waals surface area contributed by atoms with Crippen molar-refractivity contribution in [2.24, 2.45) is 0 Å². The molecule has 0 N–H and O–H groups in total. The Morgan fingerprint density at radius 1 is 0.298 bits per heavy atom. The van der Waals surface area contributed by atoms with E-state index in [2.05, 4.69) is 140 Å². The van der Waals surface area contributed by atoms with Crippen LogP contribution in [0.25, 0.3) is 89.1 Å². The summed E-state index contributed by atoms with van der Waals surface area (Å²) in [6.07, 6.45) is 0. The second kappa shape index (κ2) is 12.3. The highest BCUT2D eigenvalue weighted by Crippen LogP contribution is 2.64. The van der Waals surface area contributed by atoms with E-state index in [-0.39, 0.29) is 0 Å². The van der Waals surface area contributed by atoms with Crippen LogP contribution in [-0.4, -0.2) is 15.0 Å². The van der Waals surface area contributed by atoms with E-state index in [9.17, 15) is 0 Å². The smallest absolute Gasteiger partial charge is 0.164 e. The number of nitrogens with zero attached hydrogens (tertiary/aromatic N) is 3. The SMILES string of the molecule is c1ccc(-c2nc(-c3ccccc3)nc(-c3ccc(-c4c5ccccc5c5c6c(cccc46)C4(c6ccccc6)c6ccccc6-c6cccc-5c64)cc3)n2)cc1. The molecule has 57 heavy (non-hydrogen) atoms. The Kier molecular flexibility index (Phi) is 6.84. The monoisotopic (exact) mass is 723 g/mol. The normalized spacial score (nSPS) is 14.7. The van der Waals surface area contributed by atoms with Gasteiger partial charge < -0.3 is 0 Å². The third kappa shape index (κ3) is 4.51. The topological polar surface area (TPSA) is 38.7 Å². The highest BCUT2D eigenvalue weighted by molar-refractivity contribution is 6.25. The first kappa shape index (κ1) is 31.8. The van der Waals surface area contributed by atoms with Crippen molar-refractivity contribution in [1.29, 1.82) is 0 Å². The van der Waals surface area contributed by atoms with Gasteiger partial charge in [0.05, 0.1) is 5.41 Å². The molecule has 1 atom stereocenters. The van der Waals surface area contributed by atoms with Gasteiger partial charge in [0.2, 0.25) is 0 Å². The molecule has 9 aromatic carbocycles. The molecule has 0 fully saturated rings. The Morgan fingerprint density at radius 3 is 1.42 bits per heavy atom. The maximum Gasteiger partial charge on any atom is 0.164 e. The lowest BCUT2D eigenvalue weighted by atomic mass is 9.61. The van der Waals surface area contributed by atoms with Crippen LogP contribution in [0, 0.1) is 0 Å². The Hall–Kier alpha value is -7.49. The van der Waals surface area contributed by atoms with Crippen molar-refractivity contribution < 1.29 is 0 Å². The summed E-state index contributed by atoms with van der Waals surface area (Å²) in [4.78, 5) is 15.0. The molecular formula is C54H33N3. The second-order valence-corrected chi connectivity index (χ2v) is 15.0. The molecule has 264 valence electrons. The minimum Gasteiger partial charge on any atom is -0.208 e. The van der Waals surface area contributed by atoms with Crippen LogP contribution in [0.1, 0.15) is 22.3 Å². The first-order chi connectivity index (χ1) is 28.3. The van der Waals surface area contributed by atoms with E-state index >= 15 is 0 Å². The molecule has 3 heteroatoms. The molecular weight excluding hydrogens is 691 g/mol. The summed E-state index contributed by atoms with van der Waals surface area (Å²) in [5.41, 5.74) is 15.4. The molecule has 0 saturated carbocycles. The van der Waals surface area contributed by atoms with Gasteiger partial charge in [0.15, 0.2) is 17.5 Å². The Labute approximate surface area is 330 Å². The fourth-order valence-electron chi connectivity index (χ4n) is 9.85. The number of aromatic nitrogens is 3. The van der Waals surface area contributed by atoms with Crippen LogP contribution in [0.5, 0.6) is 0 Å². The van der Waals surface area contributed by atoms with Gasteiger partial charge in [-0.05, 0) is 77.2 Å². The van der Waals surface area contributed by atoms with Crippen LogP contribution in [-0.2, 0) is 5.41 Å². The van der Waals surface area contributed by atoms with Crippen LogP contribution >= 0.6 is 0 Å². The highest BCUT2D eigenvalue weighted by Gasteiger charge is 2.51. The number of hydrogen-bond acceptors (Lipinski definition) is 3. The average Bonchev–Trinajstić information content (AvgIpc) is 3.60. The summed E-state index contributed by atoms with van der Waals surface area (Å²) < 4.78 is 0. The van der Waals surface area contributed by atoms with Crippen LogP contribution in [0.2, 0.25) is 0 Å². The van der Waals surface area contributed by atoms with E-state index < -0.39 is 5.41 Å². The predicted molar refractivity (Wildman–Crippen MR) is 233 cm³/mol. The molecule has 2 aliphatic carbocycles. The Morgan fingerprint density at radius 2 is 0.754 bits per heavy atom. The first-order valence-electron chi connectivity index (χ1n) is 19.5. The second-order valence-electron chi connectivity index (χ2n) is 15.0. The molecule has 0 radical (unpaired) electrons. The molecule has 1 heterocycles. The zero-order chi connectivity index (χ0) is 37.5. The molecule has 10 aromatic rings. The highest BCUT2D eigenvalue weighted by atomic mass is 15.0. The predicted octanol–water partition coefficient (Wildman–Crippen LogP) is 13.2. The van der Waals surface area contributed by atoms with Gasteiger partial charge in [0, 0.05) is 16.7 Å². The largest absolute Gasteiger partial charge is 0.208 e. The van der Waals surface area contributed by atoms with E-state index in [1.54, 1.807) is 0 Å². The molecule has 0 aliphatic heterocycles. The van der Waals surface area contributed by atoms with Gasteiger partial charge in [-0.15, -0.1) is 0 Å². The summed E-state index contributed by atoms with van der Waals surface area (Å²) in [6, 6.07) is 72.2. The van der Waals surface area contributed by atoms with Gasteiger partial charge in [0.1, 0.15) is 0 Å². The molecule has 0 amide bonds. The van der Waals surface area contributed by atoms with Gasteiger partial charge in [-0.3, -0.25) is 0 Å². The quantitative estimate of drug-likeness (QED) is 0.166. The van der Waals surface area contributed by atoms with E-state index in [4.69, 9.17) is 15.0 Å². The minimum absolute atomic E-state index is 0.453. The first-order valence-corrected chi connectivity index (χ1v) is 19.5. The summed E-state index contributed by atoms with van der Waals surface area (Å²) in [6.45, 7) is 0. The molecule has 2 aliphatic rings. The lowest BCUT2D eigenvalue weighted by Crippen LogP contribution is -2.31. The van der Waals surface area contributed by atoms with Crippen LogP contribution in [0.15, 0.2) is 200 Å². The maximum absolute atomic E-state index is 5.02. The zero-order valence-electron chi connectivity index (χ0n) is 30.9. The van der Waals surface area contributed by atoms with Crippen LogP contribution < -0.4 is 0 Å². The molecule has 0 spiro atoms. The lowest BCUT2D eigenvalue weighted by Gasteiger charge is -2.40. The van der Waals surface area contributed by atoms with Crippen molar-refractivity contribution in [2.75, 3.05) is 0 Å². The third-order valence-electron chi connectivity index (χ3n) is 12.1. The Balaban J connectivity index is 1.11. The molecule has 1 unspecified atom stereocenters. The number of benzene rings is 9. The third-order valence-corrected chi connectivity index (χ3v) is 12.1. The molecule has 12 rings (SSSR count). The Bertz CT molecular complexity index is 3150. The van der Waals surface area contributed by atoms with Crippen LogP contribution in [0.4, 0.5) is 0 Å². The van der Waals surface area contributed by atoms with Crippen molar-refractivity contribution in [3.8, 4) is 67.5 Å². The van der Waals surface area contributed by atoms with E-state index in [0.29, 0.717) is 17.5 Å². The average molecular weight is 724 g/mol. The van der Waals surface area contributed by atoms with E-state index in [0.717, 1.165) is 22.3 Å².